The molecule has 0 amide bonds. The van der Waals surface area contributed by atoms with Crippen molar-refractivity contribution in [3.63, 3.8) is 0 Å². The Balaban J connectivity index is 1.67. The van der Waals surface area contributed by atoms with Crippen LogP contribution in [-0.2, 0) is 5.75 Å². The van der Waals surface area contributed by atoms with E-state index < -0.39 is 0 Å². The number of nitrogens with zero attached hydrogens (tertiary/aromatic N) is 7. The first-order valence-electron chi connectivity index (χ1n) is 7.49. The number of imidazole rings is 1. The predicted octanol–water partition coefficient (Wildman–Crippen LogP) is 2.61. The quantitative estimate of drug-likeness (QED) is 0.533. The average molecular weight is 337 g/mol. The summed E-state index contributed by atoms with van der Waals surface area (Å²) in [5.41, 5.74) is 3.13. The zero-order valence-corrected chi connectivity index (χ0v) is 14.1. The van der Waals surface area contributed by atoms with Crippen LogP contribution >= 0.6 is 11.8 Å². The molecule has 1 aromatic carbocycles. The largest absolute Gasteiger partial charge is 0.287 e. The van der Waals surface area contributed by atoms with Gasteiger partial charge in [0.15, 0.2) is 0 Å². The van der Waals surface area contributed by atoms with Crippen molar-refractivity contribution in [3.8, 4) is 5.95 Å². The minimum atomic E-state index is 0.438. The molecule has 7 nitrogen and oxygen atoms in total. The highest BCUT2D eigenvalue weighted by atomic mass is 32.2. The zero-order valence-electron chi connectivity index (χ0n) is 13.3. The first kappa shape index (κ1) is 14.8. The van der Waals surface area contributed by atoms with Crippen LogP contribution in [-0.4, -0.2) is 34.6 Å². The van der Waals surface area contributed by atoms with Crippen LogP contribution in [0.15, 0.2) is 47.6 Å². The summed E-state index contributed by atoms with van der Waals surface area (Å²) in [5.74, 6) is 1.76. The smallest absolute Gasteiger partial charge is 0.215 e. The molecule has 120 valence electrons. The van der Waals surface area contributed by atoms with Crippen molar-refractivity contribution in [2.24, 2.45) is 0 Å². The Bertz CT molecular complexity index is 990. The third-order valence-electron chi connectivity index (χ3n) is 3.54. The molecule has 4 aromatic rings. The molecule has 0 saturated carbocycles. The highest BCUT2D eigenvalue weighted by molar-refractivity contribution is 7.98. The highest BCUT2D eigenvalue weighted by Crippen LogP contribution is 2.22. The normalized spacial score (nSPS) is 11.2. The maximum Gasteiger partial charge on any atom is 0.287 e. The van der Waals surface area contributed by atoms with E-state index >= 15 is 0 Å². The lowest BCUT2D eigenvalue weighted by molar-refractivity contribution is 0.682. The first-order chi connectivity index (χ1) is 11.7. The highest BCUT2D eigenvalue weighted by Gasteiger charge is 2.12. The molecule has 0 aliphatic carbocycles. The Kier molecular flexibility index (Phi) is 3.73. The number of aryl methyl sites for hydroxylation is 2. The summed E-state index contributed by atoms with van der Waals surface area (Å²) in [5, 5.41) is 18.2. The summed E-state index contributed by atoms with van der Waals surface area (Å²) in [6.45, 7) is 3.90. The third kappa shape index (κ3) is 2.76. The molecule has 0 fully saturated rings. The van der Waals surface area contributed by atoms with Crippen LogP contribution in [0, 0.1) is 13.8 Å². The average Bonchev–Trinajstić information content (AvgIpc) is 3.16. The number of rotatable bonds is 4. The number of fused-ring (bicyclic) bond motifs is 1. The number of hydrogen-bond acceptors (Lipinski definition) is 6. The van der Waals surface area contributed by atoms with Crippen LogP contribution in [0.2, 0.25) is 0 Å². The second kappa shape index (κ2) is 6.04. The minimum Gasteiger partial charge on any atom is -0.215 e. The summed E-state index contributed by atoms with van der Waals surface area (Å²) in [6.07, 6.45) is 1.77. The third-order valence-corrected chi connectivity index (χ3v) is 4.59. The lowest BCUT2D eigenvalue weighted by atomic mass is 10.2. The van der Waals surface area contributed by atoms with Gasteiger partial charge in [-0.05, 0) is 25.5 Å². The van der Waals surface area contributed by atoms with Gasteiger partial charge in [-0.3, -0.25) is 0 Å². The Hall–Kier alpha value is -2.74. The molecule has 0 atom stereocenters. The molecule has 0 spiro atoms. The van der Waals surface area contributed by atoms with E-state index in [0.717, 1.165) is 22.2 Å². The molecular formula is C16H15N7S. The lowest BCUT2D eigenvalue weighted by Crippen LogP contribution is -2.10. The van der Waals surface area contributed by atoms with Crippen molar-refractivity contribution < 1.29 is 0 Å². The summed E-state index contributed by atoms with van der Waals surface area (Å²) in [4.78, 5) is 4.27. The fourth-order valence-corrected chi connectivity index (χ4v) is 3.31. The van der Waals surface area contributed by atoms with Gasteiger partial charge in [-0.25, -0.2) is 9.67 Å². The second-order valence-electron chi connectivity index (χ2n) is 5.42. The van der Waals surface area contributed by atoms with Crippen molar-refractivity contribution in [1.29, 1.82) is 0 Å². The van der Waals surface area contributed by atoms with Gasteiger partial charge in [-0.15, -0.1) is 15.3 Å². The molecule has 0 aliphatic heterocycles. The number of aromatic nitrogens is 7. The molecule has 0 N–H and O–H groups in total. The van der Waals surface area contributed by atoms with Crippen LogP contribution < -0.4 is 0 Å². The van der Waals surface area contributed by atoms with Gasteiger partial charge in [0.2, 0.25) is 0 Å². The minimum absolute atomic E-state index is 0.438. The Labute approximate surface area is 142 Å². The molecule has 0 saturated heterocycles. The van der Waals surface area contributed by atoms with Crippen molar-refractivity contribution in [3.05, 3.63) is 59.5 Å². The van der Waals surface area contributed by atoms with Crippen LogP contribution in [0.1, 0.15) is 17.0 Å². The van der Waals surface area contributed by atoms with Gasteiger partial charge in [0.05, 0.1) is 11.9 Å². The maximum atomic E-state index is 4.55. The molecule has 0 aliphatic rings. The SMILES string of the molecule is Cc1cc(C)n(-c2nnc3ncc(SCc4ccccc4)n3n2)n1. The van der Waals surface area contributed by atoms with Crippen LogP contribution in [0.4, 0.5) is 0 Å². The van der Waals surface area contributed by atoms with E-state index in [9.17, 15) is 0 Å². The summed E-state index contributed by atoms with van der Waals surface area (Å²) in [6, 6.07) is 12.3. The van der Waals surface area contributed by atoms with Gasteiger partial charge < -0.3 is 0 Å². The van der Waals surface area contributed by atoms with Gasteiger partial charge >= 0.3 is 0 Å². The standard InChI is InChI=1S/C16H15N7S/c1-11-8-12(2)22(20-11)16-19-18-15-17-9-14(23(15)21-16)24-10-13-6-4-3-5-7-13/h3-9H,10H2,1-2H3. The van der Waals surface area contributed by atoms with E-state index in [1.807, 2.05) is 38.1 Å². The molecule has 0 radical (unpaired) electrons. The van der Waals surface area contributed by atoms with Crippen LogP contribution in [0.3, 0.4) is 0 Å². The van der Waals surface area contributed by atoms with Crippen molar-refractivity contribution in [2.45, 2.75) is 24.6 Å². The van der Waals surface area contributed by atoms with Crippen molar-refractivity contribution in [1.82, 2.24) is 34.6 Å². The van der Waals surface area contributed by atoms with E-state index in [4.69, 9.17) is 0 Å². The van der Waals surface area contributed by atoms with Gasteiger partial charge in [0.25, 0.3) is 11.7 Å². The van der Waals surface area contributed by atoms with Crippen molar-refractivity contribution >= 4 is 17.5 Å². The number of benzene rings is 1. The Morgan fingerprint density at radius 2 is 1.88 bits per heavy atom. The zero-order chi connectivity index (χ0) is 16.5. The molecule has 0 bridgehead atoms. The molecule has 3 heterocycles. The van der Waals surface area contributed by atoms with E-state index in [2.05, 4.69) is 37.5 Å². The second-order valence-corrected chi connectivity index (χ2v) is 6.42. The molecule has 8 heteroatoms. The summed E-state index contributed by atoms with van der Waals surface area (Å²) < 4.78 is 3.40. The molecule has 0 unspecified atom stereocenters. The number of hydrogen-bond donors (Lipinski definition) is 0. The molecule has 4 rings (SSSR count). The summed E-state index contributed by atoms with van der Waals surface area (Å²) >= 11 is 1.66. The first-order valence-corrected chi connectivity index (χ1v) is 8.48. The van der Waals surface area contributed by atoms with Gasteiger partial charge in [0.1, 0.15) is 5.03 Å². The van der Waals surface area contributed by atoms with E-state index in [0.29, 0.717) is 11.7 Å². The monoisotopic (exact) mass is 337 g/mol. The van der Waals surface area contributed by atoms with Crippen molar-refractivity contribution in [2.75, 3.05) is 0 Å². The fraction of sp³-hybridized carbons (Fsp3) is 0.188. The fourth-order valence-electron chi connectivity index (χ4n) is 2.43. The Morgan fingerprint density at radius 1 is 1.04 bits per heavy atom. The predicted molar refractivity (Wildman–Crippen MR) is 91.2 cm³/mol. The van der Waals surface area contributed by atoms with Gasteiger partial charge in [-0.1, -0.05) is 42.1 Å². The maximum absolute atomic E-state index is 4.55. The molecule has 3 aromatic heterocycles. The Morgan fingerprint density at radius 3 is 2.62 bits per heavy atom. The topological polar surface area (TPSA) is 73.8 Å². The van der Waals surface area contributed by atoms with Gasteiger partial charge in [0, 0.05) is 11.4 Å². The molecular weight excluding hydrogens is 322 g/mol. The summed E-state index contributed by atoms with van der Waals surface area (Å²) in [7, 11) is 0. The van der Waals surface area contributed by atoms with Gasteiger partial charge in [-0.2, -0.15) is 9.61 Å². The van der Waals surface area contributed by atoms with E-state index in [-0.39, 0.29) is 0 Å². The van der Waals surface area contributed by atoms with E-state index in [1.54, 1.807) is 27.2 Å². The lowest BCUT2D eigenvalue weighted by Gasteiger charge is -2.04. The molecule has 24 heavy (non-hydrogen) atoms. The van der Waals surface area contributed by atoms with Crippen LogP contribution in [0.5, 0.6) is 0 Å². The van der Waals surface area contributed by atoms with E-state index in [1.165, 1.54) is 5.56 Å². The van der Waals surface area contributed by atoms with Crippen LogP contribution in [0.25, 0.3) is 11.7 Å². The number of thioether (sulfide) groups is 1.